The molecule has 2 rings (SSSR count). The number of esters is 1. The van der Waals surface area contributed by atoms with E-state index < -0.39 is 45.6 Å². The van der Waals surface area contributed by atoms with E-state index in [0.717, 1.165) is 19.2 Å². The molecule has 0 aliphatic heterocycles. The third kappa shape index (κ3) is 2.87. The van der Waals surface area contributed by atoms with Gasteiger partial charge >= 0.3 is 18.0 Å². The molecule has 0 radical (unpaired) electrons. The summed E-state index contributed by atoms with van der Waals surface area (Å²) in [7, 11) is 1.03. The Kier molecular flexibility index (Phi) is 3.80. The lowest BCUT2D eigenvalue weighted by Crippen LogP contribution is -2.08. The largest absolute Gasteiger partial charge is 0.462 e. The molecule has 0 saturated heterocycles. The lowest BCUT2D eigenvalue weighted by atomic mass is 10.1. The van der Waals surface area contributed by atoms with Crippen LogP contribution in [-0.2, 0) is 10.9 Å². The minimum atomic E-state index is -4.88. The number of methoxy groups -OCH3 is 1. The highest BCUT2D eigenvalue weighted by atomic mass is 19.4. The Morgan fingerprint density at radius 3 is 2.64 bits per heavy atom. The van der Waals surface area contributed by atoms with Gasteiger partial charge in [0, 0.05) is 17.7 Å². The maximum Gasteiger partial charge on any atom is 0.417 e. The standard InChI is InChI=1S/C11H6F3N3O5/c1-21-10(18)9-15-8(16-22-9)6-3-2-5(17(19)20)4-7(6)11(12,13)14/h2-4H,1H3. The Morgan fingerprint density at radius 2 is 2.09 bits per heavy atom. The molecule has 0 aliphatic carbocycles. The highest BCUT2D eigenvalue weighted by Crippen LogP contribution is 2.38. The Morgan fingerprint density at radius 1 is 1.41 bits per heavy atom. The number of halogens is 3. The molecule has 0 amide bonds. The number of nitro groups is 1. The van der Waals surface area contributed by atoms with Gasteiger partial charge in [-0.25, -0.2) is 4.79 Å². The molecule has 0 atom stereocenters. The first kappa shape index (κ1) is 15.4. The SMILES string of the molecule is COC(=O)c1nc(-c2ccc([N+](=O)[O-])cc2C(F)(F)F)no1. The number of nitrogens with zero attached hydrogens (tertiary/aromatic N) is 3. The summed E-state index contributed by atoms with van der Waals surface area (Å²) in [5.74, 6) is -2.19. The van der Waals surface area contributed by atoms with E-state index in [0.29, 0.717) is 6.07 Å². The lowest BCUT2D eigenvalue weighted by Gasteiger charge is -2.09. The van der Waals surface area contributed by atoms with Crippen molar-refractivity contribution in [3.63, 3.8) is 0 Å². The maximum atomic E-state index is 13.0. The second-order valence-corrected chi connectivity index (χ2v) is 3.90. The number of nitro benzene ring substituents is 1. The molecule has 1 heterocycles. The molecule has 0 unspecified atom stereocenters. The van der Waals surface area contributed by atoms with Crippen LogP contribution < -0.4 is 0 Å². The van der Waals surface area contributed by atoms with Gasteiger partial charge in [0.15, 0.2) is 0 Å². The van der Waals surface area contributed by atoms with Crippen LogP contribution in [0.1, 0.15) is 16.2 Å². The van der Waals surface area contributed by atoms with Crippen LogP contribution in [0.2, 0.25) is 0 Å². The number of hydrogen-bond acceptors (Lipinski definition) is 7. The first-order valence-electron chi connectivity index (χ1n) is 5.52. The number of benzene rings is 1. The molecule has 0 saturated carbocycles. The fourth-order valence-corrected chi connectivity index (χ4v) is 1.58. The van der Waals surface area contributed by atoms with Gasteiger partial charge in [-0.1, -0.05) is 5.16 Å². The number of carbonyl (C=O) groups is 1. The fourth-order valence-electron chi connectivity index (χ4n) is 1.58. The predicted octanol–water partition coefficient (Wildman–Crippen LogP) is 2.45. The molecule has 116 valence electrons. The summed E-state index contributed by atoms with van der Waals surface area (Å²) in [6.07, 6.45) is -4.88. The minimum absolute atomic E-state index is 0.351. The Balaban J connectivity index is 2.57. The molecule has 1 aromatic carbocycles. The summed E-state index contributed by atoms with van der Waals surface area (Å²) >= 11 is 0. The van der Waals surface area contributed by atoms with Crippen molar-refractivity contribution in [1.29, 1.82) is 0 Å². The lowest BCUT2D eigenvalue weighted by molar-refractivity contribution is -0.385. The molecule has 2 aromatic rings. The van der Waals surface area contributed by atoms with Crippen LogP contribution in [0.4, 0.5) is 18.9 Å². The molecule has 0 fully saturated rings. The van der Waals surface area contributed by atoms with Gasteiger partial charge in [0.2, 0.25) is 5.82 Å². The number of non-ortho nitro benzene ring substituents is 1. The van der Waals surface area contributed by atoms with E-state index in [9.17, 15) is 28.1 Å². The van der Waals surface area contributed by atoms with Crippen molar-refractivity contribution >= 4 is 11.7 Å². The maximum absolute atomic E-state index is 13.0. The average molecular weight is 317 g/mol. The number of aromatic nitrogens is 2. The van der Waals surface area contributed by atoms with Crippen molar-refractivity contribution in [2.75, 3.05) is 7.11 Å². The van der Waals surface area contributed by atoms with Crippen LogP contribution in [0.25, 0.3) is 11.4 Å². The van der Waals surface area contributed by atoms with Crippen LogP contribution in [0.3, 0.4) is 0 Å². The fraction of sp³-hybridized carbons (Fsp3) is 0.182. The zero-order valence-electron chi connectivity index (χ0n) is 10.7. The van der Waals surface area contributed by atoms with Gasteiger partial charge in [-0.3, -0.25) is 10.1 Å². The zero-order chi connectivity index (χ0) is 16.5. The topological polar surface area (TPSA) is 108 Å². The summed E-state index contributed by atoms with van der Waals surface area (Å²) in [6, 6.07) is 2.04. The molecule has 11 heteroatoms. The molecule has 0 spiro atoms. The van der Waals surface area contributed by atoms with Crippen LogP contribution >= 0.6 is 0 Å². The monoisotopic (exact) mass is 317 g/mol. The van der Waals surface area contributed by atoms with Gasteiger partial charge in [0.1, 0.15) is 0 Å². The molecule has 0 N–H and O–H groups in total. The second-order valence-electron chi connectivity index (χ2n) is 3.90. The van der Waals surface area contributed by atoms with Crippen molar-refractivity contribution in [1.82, 2.24) is 10.1 Å². The van der Waals surface area contributed by atoms with Crippen LogP contribution in [0.15, 0.2) is 22.7 Å². The van der Waals surface area contributed by atoms with E-state index in [1.807, 2.05) is 0 Å². The van der Waals surface area contributed by atoms with Gasteiger partial charge in [0.05, 0.1) is 17.6 Å². The number of alkyl halides is 3. The summed E-state index contributed by atoms with van der Waals surface area (Å²) in [5, 5.41) is 13.8. The van der Waals surface area contributed by atoms with E-state index in [2.05, 4.69) is 19.4 Å². The molecule has 0 bridgehead atoms. The van der Waals surface area contributed by atoms with Crippen molar-refractivity contribution in [2.24, 2.45) is 0 Å². The Labute approximate surface area is 119 Å². The van der Waals surface area contributed by atoms with Crippen LogP contribution in [0.5, 0.6) is 0 Å². The highest BCUT2D eigenvalue weighted by molar-refractivity contribution is 5.84. The number of carbonyl (C=O) groups excluding carboxylic acids is 1. The van der Waals surface area contributed by atoms with Crippen molar-refractivity contribution < 1.29 is 32.1 Å². The van der Waals surface area contributed by atoms with E-state index in [-0.39, 0.29) is 0 Å². The van der Waals surface area contributed by atoms with E-state index >= 15 is 0 Å². The summed E-state index contributed by atoms with van der Waals surface area (Å²) < 4.78 is 47.8. The summed E-state index contributed by atoms with van der Waals surface area (Å²) in [4.78, 5) is 24.3. The average Bonchev–Trinajstić information content (AvgIpc) is 2.94. The minimum Gasteiger partial charge on any atom is -0.462 e. The Bertz CT molecular complexity index is 741. The quantitative estimate of drug-likeness (QED) is 0.486. The van der Waals surface area contributed by atoms with E-state index in [1.165, 1.54) is 0 Å². The Hall–Kier alpha value is -2.98. The number of rotatable bonds is 3. The number of hydrogen-bond donors (Lipinski definition) is 0. The van der Waals surface area contributed by atoms with Gasteiger partial charge < -0.3 is 9.26 Å². The van der Waals surface area contributed by atoms with Gasteiger partial charge in [-0.05, 0) is 6.07 Å². The van der Waals surface area contributed by atoms with Gasteiger partial charge in [-0.2, -0.15) is 18.2 Å². The first-order valence-corrected chi connectivity index (χ1v) is 5.52. The molecular weight excluding hydrogens is 311 g/mol. The van der Waals surface area contributed by atoms with E-state index in [1.54, 1.807) is 0 Å². The first-order chi connectivity index (χ1) is 10.2. The second kappa shape index (κ2) is 5.42. The number of ether oxygens (including phenoxy) is 1. The predicted molar refractivity (Wildman–Crippen MR) is 62.7 cm³/mol. The third-order valence-corrected chi connectivity index (χ3v) is 2.55. The zero-order valence-corrected chi connectivity index (χ0v) is 10.7. The van der Waals surface area contributed by atoms with Gasteiger partial charge in [-0.15, -0.1) is 0 Å². The highest BCUT2D eigenvalue weighted by Gasteiger charge is 2.36. The molecule has 22 heavy (non-hydrogen) atoms. The smallest absolute Gasteiger partial charge is 0.417 e. The molecule has 8 nitrogen and oxygen atoms in total. The molecular formula is C11H6F3N3O5. The van der Waals surface area contributed by atoms with Crippen LogP contribution in [-0.4, -0.2) is 28.1 Å². The summed E-state index contributed by atoms with van der Waals surface area (Å²) in [6.45, 7) is 0. The van der Waals surface area contributed by atoms with Crippen molar-refractivity contribution in [3.05, 3.63) is 39.8 Å². The normalized spacial score (nSPS) is 11.3. The molecule has 1 aromatic heterocycles. The molecule has 0 aliphatic rings. The summed E-state index contributed by atoms with van der Waals surface area (Å²) in [5.41, 5.74) is -2.62. The van der Waals surface area contributed by atoms with Crippen molar-refractivity contribution in [2.45, 2.75) is 6.18 Å². The van der Waals surface area contributed by atoms with E-state index in [4.69, 9.17) is 0 Å². The van der Waals surface area contributed by atoms with Crippen LogP contribution in [0, 0.1) is 10.1 Å². The third-order valence-electron chi connectivity index (χ3n) is 2.55. The van der Waals surface area contributed by atoms with Gasteiger partial charge in [0.25, 0.3) is 5.69 Å². The van der Waals surface area contributed by atoms with Crippen molar-refractivity contribution in [3.8, 4) is 11.4 Å².